The Balaban J connectivity index is 1.55. The lowest BCUT2D eigenvalue weighted by atomic mass is 9.96. The molecule has 2 aromatic carbocycles. The second kappa shape index (κ2) is 9.75. The van der Waals surface area contributed by atoms with Crippen molar-refractivity contribution >= 4 is 11.7 Å². The normalized spacial score (nSPS) is 13.1. The quantitative estimate of drug-likeness (QED) is 0.495. The molecule has 0 saturated heterocycles. The highest BCUT2D eigenvalue weighted by Crippen LogP contribution is 2.34. The van der Waals surface area contributed by atoms with Crippen LogP contribution in [0.2, 0.25) is 0 Å². The molecule has 3 aromatic rings. The Kier molecular flexibility index (Phi) is 6.77. The van der Waals surface area contributed by atoms with Gasteiger partial charge < -0.3 is 19.7 Å². The highest BCUT2D eigenvalue weighted by atomic mass is 16.5. The number of nitrogens with zero attached hydrogens (tertiary/aromatic N) is 4. The lowest BCUT2D eigenvalue weighted by Crippen LogP contribution is -2.36. The first-order chi connectivity index (χ1) is 16.3. The number of nitrogens with one attached hydrogen (secondary N) is 1. The van der Waals surface area contributed by atoms with Crippen LogP contribution in [0.5, 0.6) is 11.5 Å². The van der Waals surface area contributed by atoms with Gasteiger partial charge in [-0.15, -0.1) is 5.10 Å². The number of carbonyl (C=O) groups is 1. The van der Waals surface area contributed by atoms with E-state index >= 15 is 0 Å². The number of anilines is 1. The summed E-state index contributed by atoms with van der Waals surface area (Å²) in [6.45, 7) is 8.81. The van der Waals surface area contributed by atoms with Crippen LogP contribution in [0.3, 0.4) is 0 Å². The van der Waals surface area contributed by atoms with Crippen molar-refractivity contribution in [2.24, 2.45) is 0 Å². The Bertz CT molecular complexity index is 1180. The number of carbonyl (C=O) groups excluding carboxylic acids is 1. The smallest absolute Gasteiger partial charge is 0.322 e. The van der Waals surface area contributed by atoms with Crippen molar-refractivity contribution < 1.29 is 14.3 Å². The molecule has 0 radical (unpaired) electrons. The first-order valence-corrected chi connectivity index (χ1v) is 11.6. The van der Waals surface area contributed by atoms with Crippen LogP contribution in [0.4, 0.5) is 10.5 Å². The third-order valence-electron chi connectivity index (χ3n) is 6.19. The molecule has 0 atom stereocenters. The zero-order valence-electron chi connectivity index (χ0n) is 20.8. The lowest BCUT2D eigenvalue weighted by molar-refractivity contribution is 0.206. The molecule has 0 aliphatic heterocycles. The van der Waals surface area contributed by atoms with E-state index in [0.717, 1.165) is 46.7 Å². The molecule has 180 valence electrons. The molecular formula is C26H33N5O3. The van der Waals surface area contributed by atoms with Crippen molar-refractivity contribution in [2.75, 3.05) is 19.5 Å². The molecule has 2 amide bonds. The fourth-order valence-corrected chi connectivity index (χ4v) is 4.09. The van der Waals surface area contributed by atoms with Crippen LogP contribution in [0, 0.1) is 13.8 Å². The monoisotopic (exact) mass is 463 g/mol. The summed E-state index contributed by atoms with van der Waals surface area (Å²) in [5.74, 6) is 1.83. The van der Waals surface area contributed by atoms with Crippen LogP contribution in [0.1, 0.15) is 55.0 Å². The van der Waals surface area contributed by atoms with Crippen molar-refractivity contribution in [1.29, 1.82) is 0 Å². The van der Waals surface area contributed by atoms with Gasteiger partial charge in [0.1, 0.15) is 17.2 Å². The highest BCUT2D eigenvalue weighted by Gasteiger charge is 2.33. The van der Waals surface area contributed by atoms with E-state index in [0.29, 0.717) is 23.9 Å². The molecule has 1 fully saturated rings. The second-order valence-corrected chi connectivity index (χ2v) is 9.16. The molecule has 0 spiro atoms. The number of aromatic nitrogens is 3. The van der Waals surface area contributed by atoms with Gasteiger partial charge in [0, 0.05) is 24.3 Å². The highest BCUT2D eigenvalue weighted by molar-refractivity contribution is 5.90. The van der Waals surface area contributed by atoms with Gasteiger partial charge >= 0.3 is 6.03 Å². The SMILES string of the molecule is COc1cc(C)c(CN(C(=O)Nc2ccc(-n3cc(C)nn3)c(OC)c2)C2CC2)cc1C(C)C. The number of urea groups is 1. The molecule has 1 heterocycles. The van der Waals surface area contributed by atoms with Crippen LogP contribution in [0.25, 0.3) is 5.69 Å². The van der Waals surface area contributed by atoms with Gasteiger partial charge in [0.15, 0.2) is 0 Å². The van der Waals surface area contributed by atoms with Gasteiger partial charge in [-0.05, 0) is 73.6 Å². The largest absolute Gasteiger partial charge is 0.496 e. The molecule has 34 heavy (non-hydrogen) atoms. The Morgan fingerprint density at radius 3 is 2.47 bits per heavy atom. The Morgan fingerprint density at radius 2 is 1.88 bits per heavy atom. The summed E-state index contributed by atoms with van der Waals surface area (Å²) < 4.78 is 12.8. The number of benzene rings is 2. The van der Waals surface area contributed by atoms with Crippen molar-refractivity contribution in [2.45, 2.75) is 59.0 Å². The molecule has 1 aliphatic rings. The fraction of sp³-hybridized carbons (Fsp3) is 0.423. The molecule has 1 N–H and O–H groups in total. The first-order valence-electron chi connectivity index (χ1n) is 11.6. The van der Waals surface area contributed by atoms with E-state index in [2.05, 4.69) is 48.5 Å². The van der Waals surface area contributed by atoms with Gasteiger partial charge in [0.2, 0.25) is 0 Å². The average Bonchev–Trinajstić information content (AvgIpc) is 3.57. The van der Waals surface area contributed by atoms with E-state index < -0.39 is 0 Å². The van der Waals surface area contributed by atoms with Crippen LogP contribution in [0.15, 0.2) is 36.5 Å². The number of hydrogen-bond acceptors (Lipinski definition) is 5. The van der Waals surface area contributed by atoms with Crippen molar-refractivity contribution in [3.8, 4) is 17.2 Å². The molecular weight excluding hydrogens is 430 g/mol. The summed E-state index contributed by atoms with van der Waals surface area (Å²) >= 11 is 0. The number of aryl methyl sites for hydroxylation is 2. The third-order valence-corrected chi connectivity index (χ3v) is 6.19. The van der Waals surface area contributed by atoms with Gasteiger partial charge in [-0.2, -0.15) is 0 Å². The maximum atomic E-state index is 13.3. The maximum Gasteiger partial charge on any atom is 0.322 e. The number of ether oxygens (including phenoxy) is 2. The van der Waals surface area contributed by atoms with E-state index in [1.165, 1.54) is 0 Å². The van der Waals surface area contributed by atoms with Gasteiger partial charge in [0.05, 0.1) is 26.1 Å². The minimum Gasteiger partial charge on any atom is -0.496 e. The summed E-state index contributed by atoms with van der Waals surface area (Å²) in [7, 11) is 3.30. The summed E-state index contributed by atoms with van der Waals surface area (Å²) in [5, 5.41) is 11.2. The molecule has 1 aliphatic carbocycles. The molecule has 8 heteroatoms. The van der Waals surface area contributed by atoms with Crippen LogP contribution in [-0.4, -0.2) is 46.2 Å². The van der Waals surface area contributed by atoms with E-state index in [9.17, 15) is 4.79 Å². The van der Waals surface area contributed by atoms with E-state index in [4.69, 9.17) is 9.47 Å². The zero-order chi connectivity index (χ0) is 24.4. The fourth-order valence-electron chi connectivity index (χ4n) is 4.09. The van der Waals surface area contributed by atoms with Crippen LogP contribution < -0.4 is 14.8 Å². The summed E-state index contributed by atoms with van der Waals surface area (Å²) in [4.78, 5) is 15.3. The van der Waals surface area contributed by atoms with Gasteiger partial charge in [-0.3, -0.25) is 0 Å². The van der Waals surface area contributed by atoms with E-state index in [1.807, 2.05) is 36.2 Å². The maximum absolute atomic E-state index is 13.3. The second-order valence-electron chi connectivity index (χ2n) is 9.16. The Morgan fingerprint density at radius 1 is 1.15 bits per heavy atom. The van der Waals surface area contributed by atoms with E-state index in [-0.39, 0.29) is 12.1 Å². The minimum atomic E-state index is -0.116. The third kappa shape index (κ3) is 5.00. The first kappa shape index (κ1) is 23.6. The number of hydrogen-bond donors (Lipinski definition) is 1. The zero-order valence-corrected chi connectivity index (χ0v) is 20.8. The molecule has 0 bridgehead atoms. The summed E-state index contributed by atoms with van der Waals surface area (Å²) in [6, 6.07) is 9.92. The topological polar surface area (TPSA) is 81.5 Å². The van der Waals surface area contributed by atoms with Crippen LogP contribution >= 0.6 is 0 Å². The predicted octanol–water partition coefficient (Wildman–Crippen LogP) is 5.22. The summed E-state index contributed by atoms with van der Waals surface area (Å²) in [6.07, 6.45) is 3.87. The molecule has 1 aromatic heterocycles. The van der Waals surface area contributed by atoms with E-state index in [1.54, 1.807) is 18.9 Å². The lowest BCUT2D eigenvalue weighted by Gasteiger charge is -2.25. The van der Waals surface area contributed by atoms with Crippen molar-refractivity contribution in [1.82, 2.24) is 19.9 Å². The standard InChI is InChI=1S/C26H33N5O3/c1-16(2)22-12-19(17(3)11-24(22)33-5)15-30(21-8-9-21)26(32)27-20-7-10-23(25(13-20)34-6)31-14-18(4)28-29-31/h7,10-14,16,21H,8-9,15H2,1-6H3,(H,27,32). The predicted molar refractivity (Wildman–Crippen MR) is 132 cm³/mol. The molecule has 4 rings (SSSR count). The number of rotatable bonds is 8. The average molecular weight is 464 g/mol. The van der Waals surface area contributed by atoms with Gasteiger partial charge in [0.25, 0.3) is 0 Å². The Labute approximate surface area is 200 Å². The number of methoxy groups -OCH3 is 2. The van der Waals surface area contributed by atoms with Gasteiger partial charge in [-0.1, -0.05) is 19.1 Å². The molecule has 0 unspecified atom stereocenters. The Hall–Kier alpha value is -3.55. The van der Waals surface area contributed by atoms with Gasteiger partial charge in [-0.25, -0.2) is 9.48 Å². The number of amides is 2. The molecule has 8 nitrogen and oxygen atoms in total. The summed E-state index contributed by atoms with van der Waals surface area (Å²) in [5.41, 5.74) is 5.66. The minimum absolute atomic E-state index is 0.116. The van der Waals surface area contributed by atoms with Crippen molar-refractivity contribution in [3.05, 3.63) is 58.9 Å². The molecule has 1 saturated carbocycles. The van der Waals surface area contributed by atoms with Crippen molar-refractivity contribution in [3.63, 3.8) is 0 Å². The van der Waals surface area contributed by atoms with Crippen LogP contribution in [-0.2, 0) is 6.54 Å².